The maximum atomic E-state index is 5.17. The zero-order valence-electron chi connectivity index (χ0n) is 10.7. The highest BCUT2D eigenvalue weighted by molar-refractivity contribution is 7.98. The molecule has 0 atom stereocenters. The molecule has 4 heteroatoms. The van der Waals surface area contributed by atoms with Gasteiger partial charge in [-0.05, 0) is 48.7 Å². The molecular weight excluding hydrogens is 274 g/mol. The van der Waals surface area contributed by atoms with Crippen molar-refractivity contribution in [2.24, 2.45) is 0 Å². The second-order valence-electron chi connectivity index (χ2n) is 4.08. The fourth-order valence-electron chi connectivity index (χ4n) is 1.89. The van der Waals surface area contributed by atoms with Crippen molar-refractivity contribution in [3.05, 3.63) is 42.5 Å². The van der Waals surface area contributed by atoms with Gasteiger partial charge in [-0.15, -0.1) is 23.1 Å². The van der Waals surface area contributed by atoms with E-state index in [4.69, 9.17) is 4.74 Å². The van der Waals surface area contributed by atoms with Crippen LogP contribution in [0, 0.1) is 0 Å². The van der Waals surface area contributed by atoms with Crippen LogP contribution >= 0.6 is 23.1 Å². The summed E-state index contributed by atoms with van der Waals surface area (Å²) in [6.45, 7) is 0. The molecule has 0 radical (unpaired) electrons. The molecule has 0 bridgehead atoms. The predicted molar refractivity (Wildman–Crippen MR) is 83.4 cm³/mol. The van der Waals surface area contributed by atoms with Crippen LogP contribution in [0.15, 0.2) is 47.4 Å². The summed E-state index contributed by atoms with van der Waals surface area (Å²) < 4.78 is 6.41. The second-order valence-corrected chi connectivity index (χ2v) is 5.99. The molecule has 19 heavy (non-hydrogen) atoms. The Labute approximate surface area is 120 Å². The quantitative estimate of drug-likeness (QED) is 0.652. The standard InChI is InChI=1S/C15H13NOS2/c1-17-11-5-3-10(4-6-11)15-16-13-8-7-12(18-2)9-14(13)19-15/h3-9H,1-2H3. The van der Waals surface area contributed by atoms with Crippen LogP contribution < -0.4 is 4.74 Å². The summed E-state index contributed by atoms with van der Waals surface area (Å²) in [4.78, 5) is 5.96. The summed E-state index contributed by atoms with van der Waals surface area (Å²) in [7, 11) is 1.68. The first kappa shape index (κ1) is 12.5. The average molecular weight is 287 g/mol. The normalized spacial score (nSPS) is 10.8. The second kappa shape index (κ2) is 5.23. The molecule has 0 amide bonds. The highest BCUT2D eigenvalue weighted by Crippen LogP contribution is 2.32. The molecule has 0 aliphatic rings. The van der Waals surface area contributed by atoms with Gasteiger partial charge in [0.2, 0.25) is 0 Å². The van der Waals surface area contributed by atoms with Crippen molar-refractivity contribution in [1.82, 2.24) is 4.98 Å². The van der Waals surface area contributed by atoms with Crippen molar-refractivity contribution in [3.8, 4) is 16.3 Å². The first-order chi connectivity index (χ1) is 9.30. The third-order valence-electron chi connectivity index (χ3n) is 2.93. The number of ether oxygens (including phenoxy) is 1. The number of methoxy groups -OCH3 is 1. The Hall–Kier alpha value is -1.52. The van der Waals surface area contributed by atoms with Crippen LogP contribution in [-0.2, 0) is 0 Å². The maximum absolute atomic E-state index is 5.17. The molecule has 0 N–H and O–H groups in total. The Balaban J connectivity index is 2.04. The highest BCUT2D eigenvalue weighted by atomic mass is 32.2. The van der Waals surface area contributed by atoms with Gasteiger partial charge in [-0.3, -0.25) is 0 Å². The summed E-state index contributed by atoms with van der Waals surface area (Å²) in [6.07, 6.45) is 2.09. The van der Waals surface area contributed by atoms with Gasteiger partial charge in [0.25, 0.3) is 0 Å². The molecule has 0 unspecified atom stereocenters. The number of fused-ring (bicyclic) bond motifs is 1. The Kier molecular flexibility index (Phi) is 3.44. The van der Waals surface area contributed by atoms with E-state index in [1.165, 1.54) is 9.60 Å². The van der Waals surface area contributed by atoms with E-state index >= 15 is 0 Å². The van der Waals surface area contributed by atoms with E-state index in [9.17, 15) is 0 Å². The monoisotopic (exact) mass is 287 g/mol. The van der Waals surface area contributed by atoms with Crippen LogP contribution in [0.4, 0.5) is 0 Å². The lowest BCUT2D eigenvalue weighted by molar-refractivity contribution is 0.415. The van der Waals surface area contributed by atoms with Crippen molar-refractivity contribution in [2.45, 2.75) is 4.90 Å². The summed E-state index contributed by atoms with van der Waals surface area (Å²) in [5.41, 5.74) is 2.20. The number of benzene rings is 2. The Morgan fingerprint density at radius 1 is 1.11 bits per heavy atom. The van der Waals surface area contributed by atoms with Crippen molar-refractivity contribution >= 4 is 33.3 Å². The minimum Gasteiger partial charge on any atom is -0.497 e. The lowest BCUT2D eigenvalue weighted by Crippen LogP contribution is -1.82. The summed E-state index contributed by atoms with van der Waals surface area (Å²) >= 11 is 3.48. The van der Waals surface area contributed by atoms with Gasteiger partial charge < -0.3 is 4.74 Å². The number of aromatic nitrogens is 1. The number of thiazole rings is 1. The summed E-state index contributed by atoms with van der Waals surface area (Å²) in [5, 5.41) is 1.05. The molecule has 1 aromatic heterocycles. The van der Waals surface area contributed by atoms with Gasteiger partial charge in [0.1, 0.15) is 10.8 Å². The Bertz CT molecular complexity index is 704. The molecule has 0 saturated carbocycles. The molecule has 0 spiro atoms. The first-order valence-corrected chi connectivity index (χ1v) is 7.93. The Morgan fingerprint density at radius 2 is 1.89 bits per heavy atom. The van der Waals surface area contributed by atoms with Gasteiger partial charge in [0.05, 0.1) is 17.3 Å². The van der Waals surface area contributed by atoms with E-state index in [-0.39, 0.29) is 0 Å². The molecule has 2 aromatic carbocycles. The van der Waals surface area contributed by atoms with E-state index in [1.807, 2.05) is 24.3 Å². The van der Waals surface area contributed by atoms with Crippen LogP contribution in [0.3, 0.4) is 0 Å². The minimum absolute atomic E-state index is 0.870. The summed E-state index contributed by atoms with van der Waals surface area (Å²) in [5.74, 6) is 0.870. The zero-order chi connectivity index (χ0) is 13.2. The molecule has 3 rings (SSSR count). The van der Waals surface area contributed by atoms with Crippen molar-refractivity contribution in [3.63, 3.8) is 0 Å². The largest absolute Gasteiger partial charge is 0.497 e. The predicted octanol–water partition coefficient (Wildman–Crippen LogP) is 4.69. The number of hydrogen-bond acceptors (Lipinski definition) is 4. The molecule has 96 valence electrons. The fourth-order valence-corrected chi connectivity index (χ4v) is 3.41. The minimum atomic E-state index is 0.870. The molecule has 0 aliphatic carbocycles. The first-order valence-electron chi connectivity index (χ1n) is 5.89. The molecule has 3 aromatic rings. The summed E-state index contributed by atoms with van der Waals surface area (Å²) in [6, 6.07) is 14.4. The molecule has 0 aliphatic heterocycles. The maximum Gasteiger partial charge on any atom is 0.124 e. The molecule has 0 saturated heterocycles. The molecule has 0 fully saturated rings. The molecule has 1 heterocycles. The van der Waals surface area contributed by atoms with E-state index in [0.717, 1.165) is 21.8 Å². The van der Waals surface area contributed by atoms with E-state index in [1.54, 1.807) is 30.2 Å². The number of nitrogens with zero attached hydrogens (tertiary/aromatic N) is 1. The van der Waals surface area contributed by atoms with E-state index in [0.29, 0.717) is 0 Å². The van der Waals surface area contributed by atoms with Crippen LogP contribution in [0.1, 0.15) is 0 Å². The number of hydrogen-bond donors (Lipinski definition) is 0. The van der Waals surface area contributed by atoms with Crippen molar-refractivity contribution in [2.75, 3.05) is 13.4 Å². The van der Waals surface area contributed by atoms with Gasteiger partial charge in [0.15, 0.2) is 0 Å². The van der Waals surface area contributed by atoms with E-state index < -0.39 is 0 Å². The van der Waals surface area contributed by atoms with Gasteiger partial charge in [-0.1, -0.05) is 0 Å². The van der Waals surface area contributed by atoms with Crippen molar-refractivity contribution < 1.29 is 4.74 Å². The SMILES string of the molecule is COc1ccc(-c2nc3ccc(SC)cc3s2)cc1. The number of thioether (sulfide) groups is 1. The third kappa shape index (κ3) is 2.46. The third-order valence-corrected chi connectivity index (χ3v) is 4.73. The van der Waals surface area contributed by atoms with Crippen molar-refractivity contribution in [1.29, 1.82) is 0 Å². The molecule has 2 nitrogen and oxygen atoms in total. The highest BCUT2D eigenvalue weighted by Gasteiger charge is 2.07. The molecular formula is C15H13NOS2. The fraction of sp³-hybridized carbons (Fsp3) is 0.133. The van der Waals surface area contributed by atoms with Gasteiger partial charge in [-0.2, -0.15) is 0 Å². The zero-order valence-corrected chi connectivity index (χ0v) is 12.3. The topological polar surface area (TPSA) is 22.1 Å². The van der Waals surface area contributed by atoms with Gasteiger partial charge in [0, 0.05) is 10.5 Å². The van der Waals surface area contributed by atoms with Gasteiger partial charge in [-0.25, -0.2) is 4.98 Å². The van der Waals surface area contributed by atoms with Crippen LogP contribution in [0.5, 0.6) is 5.75 Å². The Morgan fingerprint density at radius 3 is 2.58 bits per heavy atom. The van der Waals surface area contributed by atoms with Gasteiger partial charge >= 0.3 is 0 Å². The smallest absolute Gasteiger partial charge is 0.124 e. The van der Waals surface area contributed by atoms with E-state index in [2.05, 4.69) is 29.4 Å². The average Bonchev–Trinajstić information content (AvgIpc) is 2.90. The van der Waals surface area contributed by atoms with Crippen LogP contribution in [0.2, 0.25) is 0 Å². The lowest BCUT2D eigenvalue weighted by atomic mass is 10.2. The van der Waals surface area contributed by atoms with Crippen LogP contribution in [-0.4, -0.2) is 18.3 Å². The lowest BCUT2D eigenvalue weighted by Gasteiger charge is -1.99. The number of rotatable bonds is 3. The van der Waals surface area contributed by atoms with Crippen LogP contribution in [0.25, 0.3) is 20.8 Å².